The summed E-state index contributed by atoms with van der Waals surface area (Å²) in [5.41, 5.74) is 0. The van der Waals surface area contributed by atoms with E-state index in [0.29, 0.717) is 6.42 Å². The van der Waals surface area contributed by atoms with E-state index in [1.165, 1.54) is 6.92 Å². The molecule has 0 heterocycles. The molecule has 0 bridgehead atoms. The Morgan fingerprint density at radius 3 is 2.33 bits per heavy atom. The maximum Gasteiger partial charge on any atom is 0.301 e. The summed E-state index contributed by atoms with van der Waals surface area (Å²) >= 11 is 3.09. The molecule has 0 aromatic rings. The van der Waals surface area contributed by atoms with Gasteiger partial charge in [-0.15, -0.1) is 6.58 Å². The van der Waals surface area contributed by atoms with Crippen LogP contribution in [0.15, 0.2) is 24.6 Å². The number of alkyl halides is 1. The van der Waals surface area contributed by atoms with Gasteiger partial charge in [-0.1, -0.05) is 28.9 Å². The van der Waals surface area contributed by atoms with E-state index in [-0.39, 0.29) is 4.83 Å². The lowest BCUT2D eigenvalue weighted by Crippen LogP contribution is -2.10. The maximum atomic E-state index is 12.6. The first-order valence-electron chi connectivity index (χ1n) is 3.46. The minimum atomic E-state index is -2.24. The van der Waals surface area contributed by atoms with Crippen molar-refractivity contribution in [2.24, 2.45) is 5.92 Å². The highest BCUT2D eigenvalue weighted by Gasteiger charge is 2.21. The van der Waals surface area contributed by atoms with Crippen molar-refractivity contribution in [2.45, 2.75) is 18.2 Å². The van der Waals surface area contributed by atoms with Gasteiger partial charge in [-0.2, -0.15) is 8.78 Å². The molecule has 0 spiro atoms. The lowest BCUT2D eigenvalue weighted by atomic mass is 10.0. The zero-order valence-electron chi connectivity index (χ0n) is 6.66. The normalized spacial score (nSPS) is 15.1. The molecule has 4 heteroatoms. The van der Waals surface area contributed by atoms with Crippen molar-refractivity contribution in [1.82, 2.24) is 0 Å². The van der Waals surface area contributed by atoms with Gasteiger partial charge >= 0.3 is 6.08 Å². The first kappa shape index (κ1) is 11.8. The predicted molar refractivity (Wildman–Crippen MR) is 47.0 cm³/mol. The number of hydrogen-bond donors (Lipinski definition) is 0. The second kappa shape index (κ2) is 5.41. The van der Waals surface area contributed by atoms with Gasteiger partial charge in [0.1, 0.15) is 0 Å². The van der Waals surface area contributed by atoms with Crippen molar-refractivity contribution < 1.29 is 13.2 Å². The molecule has 0 aliphatic heterocycles. The van der Waals surface area contributed by atoms with E-state index in [1.54, 1.807) is 6.08 Å². The number of rotatable bonds is 4. The summed E-state index contributed by atoms with van der Waals surface area (Å²) in [7, 11) is 0. The van der Waals surface area contributed by atoms with Crippen molar-refractivity contribution in [3.05, 3.63) is 24.6 Å². The third-order valence-electron chi connectivity index (χ3n) is 1.51. The van der Waals surface area contributed by atoms with Crippen LogP contribution < -0.4 is 0 Å². The van der Waals surface area contributed by atoms with E-state index in [1.807, 2.05) is 0 Å². The van der Waals surface area contributed by atoms with Gasteiger partial charge in [0.2, 0.25) is 0 Å². The van der Waals surface area contributed by atoms with Crippen LogP contribution in [0.25, 0.3) is 0 Å². The van der Waals surface area contributed by atoms with Gasteiger partial charge in [0.25, 0.3) is 0 Å². The Kier molecular flexibility index (Phi) is 5.29. The fourth-order valence-corrected chi connectivity index (χ4v) is 1.19. The molecule has 0 aliphatic rings. The van der Waals surface area contributed by atoms with Crippen molar-refractivity contribution in [1.29, 1.82) is 0 Å². The third kappa shape index (κ3) is 3.43. The molecule has 12 heavy (non-hydrogen) atoms. The van der Waals surface area contributed by atoms with Crippen LogP contribution in [0.3, 0.4) is 0 Å². The second-order valence-electron chi connectivity index (χ2n) is 2.44. The standard InChI is InChI=1S/C8H10BrF3/c1-3-4-6(9)5(2)7(10)8(11)12/h3,5-6H,1,4H2,2H3. The third-order valence-corrected chi connectivity index (χ3v) is 2.68. The first-order chi connectivity index (χ1) is 5.50. The highest BCUT2D eigenvalue weighted by Crippen LogP contribution is 2.27. The summed E-state index contributed by atoms with van der Waals surface area (Å²) in [6, 6.07) is 0. The molecule has 0 aromatic heterocycles. The molecule has 0 amide bonds. The fourth-order valence-electron chi connectivity index (χ4n) is 0.694. The topological polar surface area (TPSA) is 0 Å². The van der Waals surface area contributed by atoms with Crippen LogP contribution in [0.4, 0.5) is 13.2 Å². The molecule has 0 aliphatic carbocycles. The zero-order valence-corrected chi connectivity index (χ0v) is 8.24. The SMILES string of the molecule is C=CCC(Br)C(C)C(F)=C(F)F. The summed E-state index contributed by atoms with van der Waals surface area (Å²) in [5, 5.41) is 0. The molecule has 0 rings (SSSR count). The van der Waals surface area contributed by atoms with Crippen LogP contribution >= 0.6 is 15.9 Å². The lowest BCUT2D eigenvalue weighted by Gasteiger charge is -2.13. The molecule has 0 N–H and O–H groups in total. The molecule has 70 valence electrons. The van der Waals surface area contributed by atoms with Gasteiger partial charge in [-0.3, -0.25) is 0 Å². The average Bonchev–Trinajstić information content (AvgIpc) is 2.02. The zero-order chi connectivity index (χ0) is 9.72. The second-order valence-corrected chi connectivity index (χ2v) is 3.61. The van der Waals surface area contributed by atoms with Crippen LogP contribution in [0, 0.1) is 5.92 Å². The van der Waals surface area contributed by atoms with E-state index in [0.717, 1.165) is 0 Å². The van der Waals surface area contributed by atoms with E-state index < -0.39 is 17.8 Å². The minimum absolute atomic E-state index is 0.323. The molecular weight excluding hydrogens is 233 g/mol. The number of halogens is 4. The molecular formula is C8H10BrF3. The van der Waals surface area contributed by atoms with Gasteiger partial charge in [0.05, 0.1) is 0 Å². The molecule has 0 fully saturated rings. The van der Waals surface area contributed by atoms with Crippen LogP contribution in [-0.4, -0.2) is 4.83 Å². The number of allylic oxidation sites excluding steroid dienone is 2. The Bertz CT molecular complexity index is 185. The van der Waals surface area contributed by atoms with Crippen LogP contribution in [0.1, 0.15) is 13.3 Å². The van der Waals surface area contributed by atoms with E-state index >= 15 is 0 Å². The quantitative estimate of drug-likeness (QED) is 0.516. The smallest absolute Gasteiger partial charge is 0.206 e. The van der Waals surface area contributed by atoms with Gasteiger partial charge in [0.15, 0.2) is 5.83 Å². The fraction of sp³-hybridized carbons (Fsp3) is 0.500. The summed E-state index contributed by atoms with van der Waals surface area (Å²) in [6.07, 6.45) is -0.225. The van der Waals surface area contributed by atoms with Crippen molar-refractivity contribution >= 4 is 15.9 Å². The monoisotopic (exact) mass is 242 g/mol. The molecule has 0 aromatic carbocycles. The molecule has 0 nitrogen and oxygen atoms in total. The molecule has 0 saturated carbocycles. The van der Waals surface area contributed by atoms with Gasteiger partial charge in [-0.05, 0) is 6.42 Å². The maximum absolute atomic E-state index is 12.6. The highest BCUT2D eigenvalue weighted by molar-refractivity contribution is 9.09. The van der Waals surface area contributed by atoms with Crippen molar-refractivity contribution in [3.8, 4) is 0 Å². The van der Waals surface area contributed by atoms with Crippen LogP contribution in [0.5, 0.6) is 0 Å². The summed E-state index contributed by atoms with van der Waals surface area (Å²) in [4.78, 5) is -0.323. The first-order valence-corrected chi connectivity index (χ1v) is 4.37. The Hall–Kier alpha value is -0.250. The largest absolute Gasteiger partial charge is 0.301 e. The average molecular weight is 243 g/mol. The van der Waals surface area contributed by atoms with Crippen molar-refractivity contribution in [3.63, 3.8) is 0 Å². The van der Waals surface area contributed by atoms with Crippen molar-refractivity contribution in [2.75, 3.05) is 0 Å². The Morgan fingerprint density at radius 1 is 1.50 bits per heavy atom. The Labute approximate surface area is 78.3 Å². The van der Waals surface area contributed by atoms with Crippen LogP contribution in [-0.2, 0) is 0 Å². The summed E-state index contributed by atoms with van der Waals surface area (Å²) in [5.74, 6) is -2.16. The van der Waals surface area contributed by atoms with E-state index in [9.17, 15) is 13.2 Å². The van der Waals surface area contributed by atoms with Gasteiger partial charge in [0, 0.05) is 10.7 Å². The number of hydrogen-bond acceptors (Lipinski definition) is 0. The van der Waals surface area contributed by atoms with E-state index in [2.05, 4.69) is 22.5 Å². The molecule has 2 unspecified atom stereocenters. The molecule has 2 atom stereocenters. The molecule has 0 radical (unpaired) electrons. The highest BCUT2D eigenvalue weighted by atomic mass is 79.9. The predicted octanol–water partition coefficient (Wildman–Crippen LogP) is 4.04. The molecule has 0 saturated heterocycles. The Balaban J connectivity index is 4.28. The van der Waals surface area contributed by atoms with Gasteiger partial charge in [-0.25, -0.2) is 4.39 Å². The lowest BCUT2D eigenvalue weighted by molar-refractivity contribution is 0.344. The van der Waals surface area contributed by atoms with Crippen LogP contribution in [0.2, 0.25) is 0 Å². The minimum Gasteiger partial charge on any atom is -0.206 e. The Morgan fingerprint density at radius 2 is 2.00 bits per heavy atom. The van der Waals surface area contributed by atoms with E-state index in [4.69, 9.17) is 0 Å². The summed E-state index contributed by atoms with van der Waals surface area (Å²) in [6.45, 7) is 4.83. The van der Waals surface area contributed by atoms with Gasteiger partial charge < -0.3 is 0 Å². The summed E-state index contributed by atoms with van der Waals surface area (Å²) < 4.78 is 36.0.